The first-order valence-electron chi connectivity index (χ1n) is 9.60. The Kier molecular flexibility index (Phi) is 6.94. The average molecular weight is 438 g/mol. The van der Waals surface area contributed by atoms with Crippen molar-refractivity contribution in [3.8, 4) is 0 Å². The van der Waals surface area contributed by atoms with Gasteiger partial charge in [-0.1, -0.05) is 42.5 Å². The van der Waals surface area contributed by atoms with Crippen molar-refractivity contribution in [1.29, 1.82) is 0 Å². The fourth-order valence-electron chi connectivity index (χ4n) is 3.10. The predicted molar refractivity (Wildman–Crippen MR) is 117 cm³/mol. The molecule has 3 rings (SSSR count). The zero-order chi connectivity index (χ0) is 22.4. The maximum absolute atomic E-state index is 12.8. The fraction of sp³-hybridized carbons (Fsp3) is 0.174. The van der Waals surface area contributed by atoms with Gasteiger partial charge in [0.25, 0.3) is 0 Å². The van der Waals surface area contributed by atoms with Crippen LogP contribution in [0.5, 0.6) is 0 Å². The van der Waals surface area contributed by atoms with Crippen molar-refractivity contribution in [3.63, 3.8) is 0 Å². The van der Waals surface area contributed by atoms with E-state index in [1.807, 2.05) is 30.3 Å². The molecular formula is C23H23N3O4S. The fourth-order valence-corrected chi connectivity index (χ4v) is 4.22. The lowest BCUT2D eigenvalue weighted by Crippen LogP contribution is -2.40. The molecule has 0 radical (unpaired) electrons. The van der Waals surface area contributed by atoms with Crippen molar-refractivity contribution in [2.75, 3.05) is 13.6 Å². The highest BCUT2D eigenvalue weighted by Gasteiger charge is 2.25. The summed E-state index contributed by atoms with van der Waals surface area (Å²) in [5.74, 6) is -0.600. The number of amides is 1. The number of ketones is 1. The SMILES string of the molecule is CC(=O)c1ccc(S(=O)(=O)N(C)CC(=O)NC(c2ccccc2)c2ccncc2)cc1. The van der Waals surface area contributed by atoms with E-state index in [0.29, 0.717) is 5.56 Å². The molecule has 0 saturated carbocycles. The summed E-state index contributed by atoms with van der Waals surface area (Å²) in [5.41, 5.74) is 2.12. The number of carbonyl (C=O) groups excluding carboxylic acids is 2. The van der Waals surface area contributed by atoms with Crippen LogP contribution in [0, 0.1) is 0 Å². The first-order valence-corrected chi connectivity index (χ1v) is 11.0. The topological polar surface area (TPSA) is 96.4 Å². The van der Waals surface area contributed by atoms with E-state index >= 15 is 0 Å². The van der Waals surface area contributed by atoms with Gasteiger partial charge in [-0.05, 0) is 42.3 Å². The highest BCUT2D eigenvalue weighted by Crippen LogP contribution is 2.21. The molecule has 31 heavy (non-hydrogen) atoms. The van der Waals surface area contributed by atoms with Crippen LogP contribution in [0.25, 0.3) is 0 Å². The summed E-state index contributed by atoms with van der Waals surface area (Å²) in [7, 11) is -2.55. The van der Waals surface area contributed by atoms with Crippen LogP contribution < -0.4 is 5.32 Å². The van der Waals surface area contributed by atoms with E-state index < -0.39 is 22.0 Å². The summed E-state index contributed by atoms with van der Waals surface area (Å²) in [6.45, 7) is 1.05. The van der Waals surface area contributed by atoms with Gasteiger partial charge in [0.15, 0.2) is 5.78 Å². The Hall–Kier alpha value is -3.36. The Labute approximate surface area is 181 Å². The van der Waals surface area contributed by atoms with Crippen molar-refractivity contribution >= 4 is 21.7 Å². The number of nitrogens with zero attached hydrogens (tertiary/aromatic N) is 2. The summed E-state index contributed by atoms with van der Waals surface area (Å²) in [6.07, 6.45) is 3.28. The van der Waals surface area contributed by atoms with E-state index in [2.05, 4.69) is 10.3 Å². The zero-order valence-electron chi connectivity index (χ0n) is 17.2. The predicted octanol–water partition coefficient (Wildman–Crippen LogP) is 2.81. The number of benzene rings is 2. The molecule has 1 aromatic heterocycles. The second-order valence-corrected chi connectivity index (χ2v) is 9.08. The molecule has 160 valence electrons. The zero-order valence-corrected chi connectivity index (χ0v) is 18.0. The van der Waals surface area contributed by atoms with Crippen molar-refractivity contribution in [3.05, 3.63) is 95.8 Å². The lowest BCUT2D eigenvalue weighted by Gasteiger charge is -2.22. The minimum atomic E-state index is -3.89. The summed E-state index contributed by atoms with van der Waals surface area (Å²) in [4.78, 5) is 28.2. The number of Topliss-reactive ketones (excluding diaryl/α,β-unsaturated/α-hetero) is 1. The third-order valence-corrected chi connectivity index (χ3v) is 6.63. The molecule has 0 saturated heterocycles. The van der Waals surface area contributed by atoms with Crippen molar-refractivity contribution in [2.45, 2.75) is 17.9 Å². The molecule has 0 fully saturated rings. The molecule has 1 N–H and O–H groups in total. The molecule has 1 amide bonds. The lowest BCUT2D eigenvalue weighted by atomic mass is 10.00. The molecule has 0 aliphatic heterocycles. The monoisotopic (exact) mass is 437 g/mol. The van der Waals surface area contributed by atoms with Gasteiger partial charge in [0.05, 0.1) is 17.5 Å². The first kappa shape index (κ1) is 22.3. The molecule has 3 aromatic rings. The molecule has 7 nitrogen and oxygen atoms in total. The average Bonchev–Trinajstić information content (AvgIpc) is 2.78. The molecule has 8 heteroatoms. The number of rotatable bonds is 8. The quantitative estimate of drug-likeness (QED) is 0.547. The molecule has 0 bridgehead atoms. The van der Waals surface area contributed by atoms with Gasteiger partial charge in [-0.3, -0.25) is 14.6 Å². The highest BCUT2D eigenvalue weighted by atomic mass is 32.2. The molecule has 2 aromatic carbocycles. The summed E-state index contributed by atoms with van der Waals surface area (Å²) in [6, 6.07) is 18.2. The minimum absolute atomic E-state index is 0.0153. The van der Waals surface area contributed by atoms with Crippen LogP contribution in [0.15, 0.2) is 84.0 Å². The van der Waals surface area contributed by atoms with E-state index in [4.69, 9.17) is 0 Å². The Bertz CT molecular complexity index is 1110. The summed E-state index contributed by atoms with van der Waals surface area (Å²) >= 11 is 0. The van der Waals surface area contributed by atoms with E-state index in [9.17, 15) is 18.0 Å². The Morgan fingerprint density at radius 1 is 0.935 bits per heavy atom. The maximum Gasteiger partial charge on any atom is 0.243 e. The van der Waals surface area contributed by atoms with Gasteiger partial charge in [-0.2, -0.15) is 4.31 Å². The van der Waals surface area contributed by atoms with Crippen LogP contribution >= 0.6 is 0 Å². The van der Waals surface area contributed by atoms with Gasteiger partial charge in [0.1, 0.15) is 0 Å². The molecule has 0 aliphatic carbocycles. The molecule has 1 heterocycles. The smallest absolute Gasteiger partial charge is 0.243 e. The Morgan fingerprint density at radius 3 is 2.10 bits per heavy atom. The van der Waals surface area contributed by atoms with Gasteiger partial charge in [0.2, 0.25) is 15.9 Å². The van der Waals surface area contributed by atoms with Gasteiger partial charge in [0, 0.05) is 25.0 Å². The first-order chi connectivity index (χ1) is 14.8. The van der Waals surface area contributed by atoms with Crippen molar-refractivity contribution in [2.24, 2.45) is 0 Å². The van der Waals surface area contributed by atoms with Crippen LogP contribution in [0.1, 0.15) is 34.5 Å². The van der Waals surface area contributed by atoms with Gasteiger partial charge < -0.3 is 5.32 Å². The number of sulfonamides is 1. The number of carbonyl (C=O) groups is 2. The second kappa shape index (κ2) is 9.63. The number of nitrogens with one attached hydrogen (secondary N) is 1. The van der Waals surface area contributed by atoms with E-state index in [1.54, 1.807) is 24.5 Å². The number of hydrogen-bond donors (Lipinski definition) is 1. The highest BCUT2D eigenvalue weighted by molar-refractivity contribution is 7.89. The van der Waals surface area contributed by atoms with E-state index in [1.165, 1.54) is 38.2 Å². The van der Waals surface area contributed by atoms with Crippen molar-refractivity contribution in [1.82, 2.24) is 14.6 Å². The van der Waals surface area contributed by atoms with Gasteiger partial charge in [-0.15, -0.1) is 0 Å². The molecule has 0 spiro atoms. The number of aromatic nitrogens is 1. The largest absolute Gasteiger partial charge is 0.344 e. The van der Waals surface area contributed by atoms with E-state index in [-0.39, 0.29) is 17.2 Å². The van der Waals surface area contributed by atoms with Gasteiger partial charge >= 0.3 is 0 Å². The van der Waals surface area contributed by atoms with E-state index in [0.717, 1.165) is 15.4 Å². The summed E-state index contributed by atoms with van der Waals surface area (Å²) in [5, 5.41) is 2.91. The normalized spacial score (nSPS) is 12.4. The number of pyridine rings is 1. The van der Waals surface area contributed by atoms with Crippen molar-refractivity contribution < 1.29 is 18.0 Å². The number of hydrogen-bond acceptors (Lipinski definition) is 5. The van der Waals surface area contributed by atoms with Crippen LogP contribution in [0.3, 0.4) is 0 Å². The molecule has 0 aliphatic rings. The molecular weight excluding hydrogens is 414 g/mol. The molecule has 1 atom stereocenters. The Morgan fingerprint density at radius 2 is 1.52 bits per heavy atom. The van der Waals surface area contributed by atoms with Gasteiger partial charge in [-0.25, -0.2) is 8.42 Å². The third-order valence-electron chi connectivity index (χ3n) is 4.81. The minimum Gasteiger partial charge on any atom is -0.344 e. The third kappa shape index (κ3) is 5.42. The van der Waals surface area contributed by atoms with Crippen LogP contribution in [-0.4, -0.2) is 43.0 Å². The van der Waals surface area contributed by atoms with Crippen LogP contribution in [-0.2, 0) is 14.8 Å². The molecule has 1 unspecified atom stereocenters. The van der Waals surface area contributed by atoms with Crippen LogP contribution in [0.2, 0.25) is 0 Å². The second-order valence-electron chi connectivity index (χ2n) is 7.03. The summed E-state index contributed by atoms with van der Waals surface area (Å²) < 4.78 is 26.6. The Balaban J connectivity index is 1.76. The maximum atomic E-state index is 12.8. The lowest BCUT2D eigenvalue weighted by molar-refractivity contribution is -0.121. The van der Waals surface area contributed by atoms with Crippen LogP contribution in [0.4, 0.5) is 0 Å². The number of likely N-dealkylation sites (N-methyl/N-ethyl adjacent to an activating group) is 1. The standard InChI is InChI=1S/C23H23N3O4S/c1-17(27)18-8-10-21(11-9-18)31(29,30)26(2)16-22(28)25-23(19-6-4-3-5-7-19)20-12-14-24-15-13-20/h3-15,23H,16H2,1-2H3,(H,25,28).